The van der Waals surface area contributed by atoms with Crippen molar-refractivity contribution in [2.45, 2.75) is 26.4 Å². The number of fused-ring (bicyclic) bond motifs is 1. The maximum Gasteiger partial charge on any atom is 0.419 e. The number of hydrogen-bond acceptors (Lipinski definition) is 3. The summed E-state index contributed by atoms with van der Waals surface area (Å²) < 4.78 is 21.8. The van der Waals surface area contributed by atoms with Crippen LogP contribution in [-0.4, -0.2) is 21.2 Å². The Labute approximate surface area is 168 Å². The molecule has 0 spiro atoms. The smallest absolute Gasteiger partial charge is 0.419 e. The minimum Gasteiger partial charge on any atom is -0.443 e. The summed E-state index contributed by atoms with van der Waals surface area (Å²) in [4.78, 5) is 16.9. The number of aromatic nitrogens is 2. The van der Waals surface area contributed by atoms with E-state index in [0.29, 0.717) is 11.2 Å². The molecule has 2 heterocycles. The summed E-state index contributed by atoms with van der Waals surface area (Å²) in [5.41, 5.74) is 2.31. The zero-order chi connectivity index (χ0) is 20.6. The van der Waals surface area contributed by atoms with Crippen molar-refractivity contribution in [1.82, 2.24) is 9.55 Å². The molecule has 0 amide bonds. The predicted octanol–water partition coefficient (Wildman–Crippen LogP) is 6.29. The van der Waals surface area contributed by atoms with Crippen molar-refractivity contribution < 1.29 is 13.9 Å². The number of rotatable bonds is 2. The molecule has 29 heavy (non-hydrogen) atoms. The highest BCUT2D eigenvalue weighted by Crippen LogP contribution is 2.32. The van der Waals surface area contributed by atoms with Gasteiger partial charge in [0, 0.05) is 17.1 Å². The highest BCUT2D eigenvalue weighted by atomic mass is 19.1. The zero-order valence-electron chi connectivity index (χ0n) is 16.5. The lowest BCUT2D eigenvalue weighted by Gasteiger charge is -2.21. The Morgan fingerprint density at radius 3 is 2.38 bits per heavy atom. The average Bonchev–Trinajstić information content (AvgIpc) is 3.07. The molecule has 0 radical (unpaired) electrons. The van der Waals surface area contributed by atoms with E-state index >= 15 is 0 Å². The fraction of sp³-hybridized carbons (Fsp3) is 0.167. The summed E-state index contributed by atoms with van der Waals surface area (Å²) in [5.74, 6) is -0.641. The maximum atomic E-state index is 14.8. The third-order valence-electron chi connectivity index (χ3n) is 4.51. The number of pyridine rings is 1. The average molecular weight is 388 g/mol. The number of benzene rings is 2. The van der Waals surface area contributed by atoms with Gasteiger partial charge in [-0.1, -0.05) is 48.5 Å². The first-order chi connectivity index (χ1) is 13.8. The molecule has 0 N–H and O–H groups in total. The number of carbonyl (C=O) groups excluding carboxylic acids is 1. The van der Waals surface area contributed by atoms with Gasteiger partial charge in [-0.25, -0.2) is 14.3 Å². The summed E-state index contributed by atoms with van der Waals surface area (Å²) in [5, 5.41) is 0.817. The molecule has 0 fully saturated rings. The molecule has 2 aromatic heterocycles. The molecular formula is C24H21FN2O2. The van der Waals surface area contributed by atoms with Crippen molar-refractivity contribution in [3.8, 4) is 22.4 Å². The molecule has 5 heteroatoms. The van der Waals surface area contributed by atoms with Crippen molar-refractivity contribution in [1.29, 1.82) is 0 Å². The molecular weight excluding hydrogens is 367 g/mol. The Balaban J connectivity index is 1.92. The van der Waals surface area contributed by atoms with Crippen LogP contribution in [0.5, 0.6) is 0 Å². The normalized spacial score (nSPS) is 11.6. The first-order valence-electron chi connectivity index (χ1n) is 9.39. The van der Waals surface area contributed by atoms with E-state index in [1.807, 2.05) is 54.6 Å². The third-order valence-corrected chi connectivity index (χ3v) is 4.51. The second-order valence-electron chi connectivity index (χ2n) is 7.83. The monoisotopic (exact) mass is 388 g/mol. The van der Waals surface area contributed by atoms with E-state index in [1.165, 1.54) is 10.8 Å². The van der Waals surface area contributed by atoms with Gasteiger partial charge in [0.15, 0.2) is 0 Å². The third kappa shape index (κ3) is 3.76. The van der Waals surface area contributed by atoms with Crippen molar-refractivity contribution in [2.75, 3.05) is 0 Å². The van der Waals surface area contributed by atoms with Gasteiger partial charge in [0.25, 0.3) is 0 Å². The van der Waals surface area contributed by atoms with Crippen LogP contribution in [0.15, 0.2) is 72.9 Å². The van der Waals surface area contributed by atoms with Crippen LogP contribution in [0, 0.1) is 5.95 Å². The highest BCUT2D eigenvalue weighted by Gasteiger charge is 2.24. The molecule has 4 rings (SSSR count). The van der Waals surface area contributed by atoms with E-state index in [1.54, 1.807) is 32.9 Å². The van der Waals surface area contributed by atoms with Crippen LogP contribution >= 0.6 is 0 Å². The summed E-state index contributed by atoms with van der Waals surface area (Å²) in [6.45, 7) is 5.40. The molecule has 0 aliphatic rings. The van der Waals surface area contributed by atoms with E-state index < -0.39 is 17.6 Å². The van der Waals surface area contributed by atoms with Crippen molar-refractivity contribution in [3.63, 3.8) is 0 Å². The first-order valence-corrected chi connectivity index (χ1v) is 9.39. The molecule has 0 aliphatic heterocycles. The molecule has 0 bridgehead atoms. The van der Waals surface area contributed by atoms with Gasteiger partial charge < -0.3 is 4.74 Å². The Bertz CT molecular complexity index is 1190. The predicted molar refractivity (Wildman–Crippen MR) is 112 cm³/mol. The largest absolute Gasteiger partial charge is 0.443 e. The van der Waals surface area contributed by atoms with Crippen LogP contribution in [-0.2, 0) is 4.74 Å². The Morgan fingerprint density at radius 2 is 1.66 bits per heavy atom. The van der Waals surface area contributed by atoms with Crippen LogP contribution in [0.25, 0.3) is 33.3 Å². The van der Waals surface area contributed by atoms with E-state index in [2.05, 4.69) is 4.98 Å². The second kappa shape index (κ2) is 7.17. The topological polar surface area (TPSA) is 44.1 Å². The maximum absolute atomic E-state index is 14.8. The highest BCUT2D eigenvalue weighted by molar-refractivity contribution is 5.96. The summed E-state index contributed by atoms with van der Waals surface area (Å²) >= 11 is 0. The zero-order valence-corrected chi connectivity index (χ0v) is 16.5. The van der Waals surface area contributed by atoms with E-state index in [0.717, 1.165) is 16.5 Å². The van der Waals surface area contributed by atoms with Crippen LogP contribution in [0.3, 0.4) is 0 Å². The van der Waals surface area contributed by atoms with Crippen LogP contribution in [0.1, 0.15) is 20.8 Å². The van der Waals surface area contributed by atoms with Crippen LogP contribution in [0.4, 0.5) is 9.18 Å². The molecule has 0 saturated heterocycles. The first kappa shape index (κ1) is 18.9. The second-order valence-corrected chi connectivity index (χ2v) is 7.83. The van der Waals surface area contributed by atoms with Crippen molar-refractivity contribution in [3.05, 3.63) is 78.9 Å². The minimum atomic E-state index is -0.678. The molecule has 4 nitrogen and oxygen atoms in total. The summed E-state index contributed by atoms with van der Waals surface area (Å²) in [6, 6.07) is 20.5. The van der Waals surface area contributed by atoms with Gasteiger partial charge in [0.2, 0.25) is 5.95 Å². The number of carbonyl (C=O) groups is 1. The SMILES string of the molecule is CC(C)(C)OC(=O)n1c(-c2cc(-c3ccccc3)cnc2F)cc2ccccc21. The van der Waals surface area contributed by atoms with Gasteiger partial charge >= 0.3 is 6.09 Å². The molecule has 0 unspecified atom stereocenters. The summed E-state index contributed by atoms with van der Waals surface area (Å²) in [6.07, 6.45) is 0.937. The van der Waals surface area contributed by atoms with Gasteiger partial charge in [-0.2, -0.15) is 4.39 Å². The Morgan fingerprint density at radius 1 is 0.966 bits per heavy atom. The lowest BCUT2D eigenvalue weighted by atomic mass is 10.0. The van der Waals surface area contributed by atoms with Crippen molar-refractivity contribution >= 4 is 17.0 Å². The standard InChI is InChI=1S/C24H21FN2O2/c1-24(2,3)29-23(28)27-20-12-8-7-11-17(20)14-21(27)19-13-18(15-26-22(19)25)16-9-5-4-6-10-16/h4-15H,1-3H3. The Hall–Kier alpha value is -3.47. The molecule has 4 aromatic rings. The van der Waals surface area contributed by atoms with E-state index in [9.17, 15) is 9.18 Å². The van der Waals surface area contributed by atoms with Crippen molar-refractivity contribution in [2.24, 2.45) is 0 Å². The number of nitrogens with zero attached hydrogens (tertiary/aromatic N) is 2. The van der Waals surface area contributed by atoms with Gasteiger partial charge in [0.1, 0.15) is 5.60 Å². The number of halogens is 1. The molecule has 146 valence electrons. The molecule has 2 aromatic carbocycles. The van der Waals surface area contributed by atoms with E-state index in [4.69, 9.17) is 4.74 Å². The number of ether oxygens (including phenoxy) is 1. The fourth-order valence-electron chi connectivity index (χ4n) is 3.27. The van der Waals surface area contributed by atoms with Gasteiger partial charge in [-0.3, -0.25) is 0 Å². The Kier molecular flexibility index (Phi) is 4.66. The molecule has 0 atom stereocenters. The summed E-state index contributed by atoms with van der Waals surface area (Å²) in [7, 11) is 0. The minimum absolute atomic E-state index is 0.244. The van der Waals surface area contributed by atoms with E-state index in [-0.39, 0.29) is 5.56 Å². The number of para-hydroxylation sites is 1. The van der Waals surface area contributed by atoms with Crippen LogP contribution < -0.4 is 0 Å². The van der Waals surface area contributed by atoms with Gasteiger partial charge in [-0.05, 0) is 44.5 Å². The quantitative estimate of drug-likeness (QED) is 0.379. The lowest BCUT2D eigenvalue weighted by molar-refractivity contribution is 0.0547. The van der Waals surface area contributed by atoms with Crippen LogP contribution in [0.2, 0.25) is 0 Å². The lowest BCUT2D eigenvalue weighted by Crippen LogP contribution is -2.27. The van der Waals surface area contributed by atoms with Gasteiger partial charge in [-0.15, -0.1) is 0 Å². The number of hydrogen-bond donors (Lipinski definition) is 0. The fourth-order valence-corrected chi connectivity index (χ4v) is 3.27. The van der Waals surface area contributed by atoms with Gasteiger partial charge in [0.05, 0.1) is 16.8 Å². The molecule has 0 aliphatic carbocycles. The molecule has 0 saturated carbocycles.